The summed E-state index contributed by atoms with van der Waals surface area (Å²) < 4.78 is 27.8. The summed E-state index contributed by atoms with van der Waals surface area (Å²) in [6, 6.07) is 16.5. The van der Waals surface area contributed by atoms with Crippen molar-refractivity contribution in [3.63, 3.8) is 0 Å². The van der Waals surface area contributed by atoms with E-state index in [0.29, 0.717) is 16.9 Å². The second kappa shape index (κ2) is 8.23. The molecule has 152 valence electrons. The first-order valence-corrected chi connectivity index (χ1v) is 11.6. The molecule has 1 amide bonds. The highest BCUT2D eigenvalue weighted by atomic mass is 35.5. The molecule has 0 atom stereocenters. The summed E-state index contributed by atoms with van der Waals surface area (Å²) in [5.74, 6) is -0.326. The van der Waals surface area contributed by atoms with Crippen molar-refractivity contribution in [3.05, 3.63) is 81.1 Å². The van der Waals surface area contributed by atoms with Gasteiger partial charge in [-0.05, 0) is 54.6 Å². The quantitative estimate of drug-likeness (QED) is 0.388. The van der Waals surface area contributed by atoms with Gasteiger partial charge in [-0.3, -0.25) is 14.5 Å². The van der Waals surface area contributed by atoms with Crippen LogP contribution < -0.4 is 10.0 Å². The summed E-state index contributed by atoms with van der Waals surface area (Å²) in [6.45, 7) is 0. The number of nitrogens with one attached hydrogen (secondary N) is 2. The molecule has 0 saturated carbocycles. The SMILES string of the molecule is O=C(Nc1cccc2ncccc12)c1ccc(NS(=O)(=O)c2cc(Cl)sc2Cl)cc1. The fraction of sp³-hybridized carbons (Fsp3) is 0. The summed E-state index contributed by atoms with van der Waals surface area (Å²) >= 11 is 12.7. The summed E-state index contributed by atoms with van der Waals surface area (Å²) in [4.78, 5) is 16.8. The van der Waals surface area contributed by atoms with Crippen molar-refractivity contribution in [2.24, 2.45) is 0 Å². The molecule has 0 aliphatic carbocycles. The predicted octanol–water partition coefficient (Wildman–Crippen LogP) is 5.66. The fourth-order valence-electron chi connectivity index (χ4n) is 2.81. The number of fused-ring (bicyclic) bond motifs is 1. The molecule has 6 nitrogen and oxygen atoms in total. The Morgan fingerprint density at radius 2 is 1.77 bits per heavy atom. The molecule has 4 aromatic rings. The number of pyridine rings is 1. The lowest BCUT2D eigenvalue weighted by atomic mass is 10.1. The van der Waals surface area contributed by atoms with E-state index in [0.717, 1.165) is 22.2 Å². The zero-order valence-corrected chi connectivity index (χ0v) is 18.2. The van der Waals surface area contributed by atoms with Crippen LogP contribution in [0.1, 0.15) is 10.4 Å². The molecular formula is C20H13Cl2N3O3S2. The Labute approximate surface area is 186 Å². The Hall–Kier alpha value is -2.65. The Bertz CT molecular complexity index is 1350. The Kier molecular flexibility index (Phi) is 5.66. The fourth-order valence-corrected chi connectivity index (χ4v) is 6.02. The number of rotatable bonds is 5. The number of nitrogens with zero attached hydrogens (tertiary/aromatic N) is 1. The van der Waals surface area contributed by atoms with Crippen molar-refractivity contribution in [1.82, 2.24) is 4.98 Å². The molecule has 0 saturated heterocycles. The highest BCUT2D eigenvalue weighted by Gasteiger charge is 2.21. The smallest absolute Gasteiger partial charge is 0.264 e. The van der Waals surface area contributed by atoms with Gasteiger partial charge in [0.05, 0.1) is 15.5 Å². The molecule has 2 aromatic carbocycles. The minimum Gasteiger partial charge on any atom is -0.321 e. The predicted molar refractivity (Wildman–Crippen MR) is 121 cm³/mol. The van der Waals surface area contributed by atoms with Gasteiger partial charge in [0, 0.05) is 22.8 Å². The number of amides is 1. The molecule has 0 aliphatic rings. The maximum atomic E-state index is 12.6. The number of carbonyl (C=O) groups is 1. The highest BCUT2D eigenvalue weighted by molar-refractivity contribution is 7.93. The van der Waals surface area contributed by atoms with Crippen LogP contribution in [-0.4, -0.2) is 19.3 Å². The maximum Gasteiger partial charge on any atom is 0.264 e. The van der Waals surface area contributed by atoms with E-state index in [1.807, 2.05) is 18.2 Å². The van der Waals surface area contributed by atoms with E-state index in [1.165, 1.54) is 30.3 Å². The average molecular weight is 478 g/mol. The topological polar surface area (TPSA) is 88.2 Å². The lowest BCUT2D eigenvalue weighted by molar-refractivity contribution is 0.102. The molecule has 4 rings (SSSR count). The van der Waals surface area contributed by atoms with Crippen LogP contribution in [0.25, 0.3) is 10.9 Å². The second-order valence-corrected chi connectivity index (χ2v) is 10.1. The van der Waals surface area contributed by atoms with Crippen molar-refractivity contribution in [2.75, 3.05) is 10.0 Å². The van der Waals surface area contributed by atoms with Gasteiger partial charge < -0.3 is 5.32 Å². The van der Waals surface area contributed by atoms with Crippen LogP contribution >= 0.6 is 34.5 Å². The molecule has 0 spiro atoms. The van der Waals surface area contributed by atoms with Gasteiger partial charge in [-0.15, -0.1) is 11.3 Å². The first-order valence-electron chi connectivity index (χ1n) is 8.56. The molecule has 0 radical (unpaired) electrons. The number of hydrogen-bond donors (Lipinski definition) is 2. The molecular weight excluding hydrogens is 465 g/mol. The lowest BCUT2D eigenvalue weighted by Gasteiger charge is -2.10. The molecule has 2 N–H and O–H groups in total. The van der Waals surface area contributed by atoms with Gasteiger partial charge in [0.25, 0.3) is 15.9 Å². The van der Waals surface area contributed by atoms with Crippen LogP contribution in [0.4, 0.5) is 11.4 Å². The van der Waals surface area contributed by atoms with Crippen molar-refractivity contribution in [1.29, 1.82) is 0 Å². The number of carbonyl (C=O) groups excluding carboxylic acids is 1. The highest BCUT2D eigenvalue weighted by Crippen LogP contribution is 2.35. The standard InChI is InChI=1S/C20H13Cl2N3O3S2/c21-18-11-17(19(22)29-18)30(27,28)25-13-8-6-12(7-9-13)20(26)24-16-5-1-4-15-14(16)3-2-10-23-15/h1-11,25H,(H,24,26). The van der Waals surface area contributed by atoms with Crippen LogP contribution in [0.3, 0.4) is 0 Å². The Morgan fingerprint density at radius 3 is 2.47 bits per heavy atom. The maximum absolute atomic E-state index is 12.6. The third-order valence-electron chi connectivity index (χ3n) is 4.21. The summed E-state index contributed by atoms with van der Waals surface area (Å²) in [7, 11) is -3.89. The van der Waals surface area contributed by atoms with E-state index in [-0.39, 0.29) is 19.5 Å². The van der Waals surface area contributed by atoms with Crippen molar-refractivity contribution < 1.29 is 13.2 Å². The number of halogens is 2. The van der Waals surface area contributed by atoms with Crippen LogP contribution in [0.15, 0.2) is 71.8 Å². The van der Waals surface area contributed by atoms with Gasteiger partial charge in [-0.1, -0.05) is 29.3 Å². The zero-order chi connectivity index (χ0) is 21.3. The van der Waals surface area contributed by atoms with Gasteiger partial charge in [0.15, 0.2) is 0 Å². The number of aromatic nitrogens is 1. The minimum atomic E-state index is -3.89. The van der Waals surface area contributed by atoms with Gasteiger partial charge in [0.2, 0.25) is 0 Å². The number of hydrogen-bond acceptors (Lipinski definition) is 5. The summed E-state index contributed by atoms with van der Waals surface area (Å²) in [6.07, 6.45) is 1.69. The van der Waals surface area contributed by atoms with Crippen molar-refractivity contribution >= 4 is 72.7 Å². The minimum absolute atomic E-state index is 0.0769. The number of benzene rings is 2. The van der Waals surface area contributed by atoms with Gasteiger partial charge in [0.1, 0.15) is 9.23 Å². The van der Waals surface area contributed by atoms with E-state index in [9.17, 15) is 13.2 Å². The van der Waals surface area contributed by atoms with Crippen LogP contribution in [0.5, 0.6) is 0 Å². The molecule has 0 fully saturated rings. The number of anilines is 2. The van der Waals surface area contributed by atoms with Gasteiger partial charge >= 0.3 is 0 Å². The van der Waals surface area contributed by atoms with E-state index in [2.05, 4.69) is 15.0 Å². The molecule has 10 heteroatoms. The molecule has 30 heavy (non-hydrogen) atoms. The van der Waals surface area contributed by atoms with E-state index >= 15 is 0 Å². The lowest BCUT2D eigenvalue weighted by Crippen LogP contribution is -2.14. The van der Waals surface area contributed by atoms with Crippen LogP contribution in [0, 0.1) is 0 Å². The number of thiophene rings is 1. The summed E-state index contributed by atoms with van der Waals surface area (Å²) in [5, 5.41) is 3.68. The van der Waals surface area contributed by atoms with E-state index in [1.54, 1.807) is 18.3 Å². The molecule has 0 unspecified atom stereocenters. The third-order valence-corrected chi connectivity index (χ3v) is 7.34. The van der Waals surface area contributed by atoms with E-state index in [4.69, 9.17) is 23.2 Å². The monoisotopic (exact) mass is 477 g/mol. The zero-order valence-electron chi connectivity index (χ0n) is 15.1. The average Bonchev–Trinajstić information content (AvgIpc) is 3.07. The molecule has 0 bridgehead atoms. The summed E-state index contributed by atoms with van der Waals surface area (Å²) in [5.41, 5.74) is 2.07. The third kappa shape index (κ3) is 4.27. The van der Waals surface area contributed by atoms with Crippen molar-refractivity contribution in [3.8, 4) is 0 Å². The van der Waals surface area contributed by atoms with Crippen LogP contribution in [0.2, 0.25) is 8.67 Å². The largest absolute Gasteiger partial charge is 0.321 e. The Balaban J connectivity index is 1.52. The Morgan fingerprint density at radius 1 is 1.00 bits per heavy atom. The first-order chi connectivity index (χ1) is 14.3. The van der Waals surface area contributed by atoms with Gasteiger partial charge in [-0.25, -0.2) is 8.42 Å². The molecule has 2 heterocycles. The second-order valence-electron chi connectivity index (χ2n) is 6.20. The van der Waals surface area contributed by atoms with Crippen molar-refractivity contribution in [2.45, 2.75) is 4.90 Å². The molecule has 2 aromatic heterocycles. The van der Waals surface area contributed by atoms with Crippen LogP contribution in [-0.2, 0) is 10.0 Å². The van der Waals surface area contributed by atoms with E-state index < -0.39 is 10.0 Å². The van der Waals surface area contributed by atoms with Gasteiger partial charge in [-0.2, -0.15) is 0 Å². The number of sulfonamides is 1. The first kappa shape index (κ1) is 20.6. The normalized spacial score (nSPS) is 11.4. The molecule has 0 aliphatic heterocycles.